The number of benzene rings is 1. The minimum absolute atomic E-state index is 0.0483. The van der Waals surface area contributed by atoms with Crippen LogP contribution in [0.3, 0.4) is 0 Å². The third kappa shape index (κ3) is 4.24. The van der Waals surface area contributed by atoms with Crippen LogP contribution in [-0.2, 0) is 9.47 Å². The van der Waals surface area contributed by atoms with Gasteiger partial charge in [0, 0.05) is 43.4 Å². The highest BCUT2D eigenvalue weighted by atomic mass is 35.5. The van der Waals surface area contributed by atoms with Gasteiger partial charge in [-0.15, -0.1) is 0 Å². The smallest absolute Gasteiger partial charge is 0.343 e. The van der Waals surface area contributed by atoms with Gasteiger partial charge in [0.05, 0.1) is 23.9 Å². The molecule has 2 heterocycles. The van der Waals surface area contributed by atoms with E-state index in [1.54, 1.807) is 36.8 Å². The third-order valence-electron chi connectivity index (χ3n) is 5.70. The molecule has 1 aromatic carbocycles. The van der Waals surface area contributed by atoms with E-state index in [1.807, 2.05) is 6.92 Å². The summed E-state index contributed by atoms with van der Waals surface area (Å²) in [5.74, 6) is 0.546. The fraction of sp³-hybridized carbons (Fsp3) is 0.500. The Kier molecular flexibility index (Phi) is 6.76. The van der Waals surface area contributed by atoms with Crippen molar-refractivity contribution in [3.63, 3.8) is 0 Å². The molecule has 1 fully saturated rings. The van der Waals surface area contributed by atoms with Crippen molar-refractivity contribution in [1.82, 2.24) is 4.57 Å². The summed E-state index contributed by atoms with van der Waals surface area (Å²) in [6.45, 7) is 5.00. The highest BCUT2D eigenvalue weighted by molar-refractivity contribution is 6.32. The fourth-order valence-electron chi connectivity index (χ4n) is 4.06. The molecule has 1 unspecified atom stereocenters. The predicted octanol–water partition coefficient (Wildman–Crippen LogP) is 4.94. The first-order valence-corrected chi connectivity index (χ1v) is 11.5. The van der Waals surface area contributed by atoms with Crippen LogP contribution in [0.1, 0.15) is 67.6 Å². The van der Waals surface area contributed by atoms with Crippen molar-refractivity contribution in [2.24, 2.45) is 0 Å². The topological polar surface area (TPSA) is 76.0 Å². The highest BCUT2D eigenvalue weighted by Gasteiger charge is 2.36. The number of hydrogen-bond donors (Lipinski definition) is 0. The number of methoxy groups -OCH3 is 1. The zero-order chi connectivity index (χ0) is 22.8. The van der Waals surface area contributed by atoms with E-state index in [9.17, 15) is 9.59 Å². The van der Waals surface area contributed by atoms with Gasteiger partial charge in [-0.25, -0.2) is 4.79 Å². The second-order valence-electron chi connectivity index (χ2n) is 7.98. The maximum absolute atomic E-state index is 13.3. The third-order valence-corrected chi connectivity index (χ3v) is 5.99. The predicted molar refractivity (Wildman–Crippen MR) is 121 cm³/mol. The van der Waals surface area contributed by atoms with Crippen LogP contribution in [0.5, 0.6) is 11.5 Å². The Bertz CT molecular complexity index is 1080. The number of carbonyl (C=O) groups excluding carboxylic acids is 1. The lowest BCUT2D eigenvalue weighted by Gasteiger charge is -2.31. The average Bonchev–Trinajstić information content (AvgIpc) is 3.61. The number of nitrogens with zero attached hydrogens (tertiary/aromatic N) is 1. The van der Waals surface area contributed by atoms with Gasteiger partial charge in [-0.2, -0.15) is 0 Å². The molecule has 2 aliphatic rings. The standard InChI is InChI=1S/C24H28ClNO6/c1-4-19-15-11-17(24(28)30-5-2)23(27)26(14-7-8-14)22(15)16-12-18(25)21(13-20(16)32-19)31-10-6-9-29-3/h11-14,19H,4-10H2,1-3H3. The molecule has 8 heteroatoms. The maximum atomic E-state index is 13.3. The lowest BCUT2D eigenvalue weighted by Crippen LogP contribution is -2.31. The molecule has 0 N–H and O–H groups in total. The van der Waals surface area contributed by atoms with Crippen molar-refractivity contribution in [2.45, 2.75) is 51.7 Å². The molecule has 1 saturated carbocycles. The van der Waals surface area contributed by atoms with Gasteiger partial charge in [0.25, 0.3) is 5.56 Å². The van der Waals surface area contributed by atoms with Crippen LogP contribution in [-0.4, -0.2) is 37.5 Å². The Morgan fingerprint density at radius 1 is 1.22 bits per heavy atom. The minimum Gasteiger partial charge on any atom is -0.492 e. The second-order valence-corrected chi connectivity index (χ2v) is 8.38. The van der Waals surface area contributed by atoms with Gasteiger partial charge in [0.1, 0.15) is 23.2 Å². The number of carbonyl (C=O) groups is 1. The summed E-state index contributed by atoms with van der Waals surface area (Å²) >= 11 is 6.55. The molecule has 0 amide bonds. The van der Waals surface area contributed by atoms with Crippen LogP contribution in [0, 0.1) is 0 Å². The number of esters is 1. The van der Waals surface area contributed by atoms with Crippen molar-refractivity contribution in [3.8, 4) is 22.8 Å². The van der Waals surface area contributed by atoms with E-state index in [4.69, 9.17) is 30.5 Å². The van der Waals surface area contributed by atoms with Gasteiger partial charge in [0.15, 0.2) is 0 Å². The number of hydrogen-bond acceptors (Lipinski definition) is 6. The lowest BCUT2D eigenvalue weighted by atomic mass is 9.94. The maximum Gasteiger partial charge on any atom is 0.343 e. The Morgan fingerprint density at radius 3 is 2.66 bits per heavy atom. The van der Waals surface area contributed by atoms with Crippen molar-refractivity contribution >= 4 is 17.6 Å². The molecule has 1 aromatic heterocycles. The number of aromatic nitrogens is 1. The van der Waals surface area contributed by atoms with Gasteiger partial charge >= 0.3 is 5.97 Å². The van der Waals surface area contributed by atoms with Crippen molar-refractivity contribution in [1.29, 1.82) is 0 Å². The summed E-state index contributed by atoms with van der Waals surface area (Å²) in [5.41, 5.74) is 2.03. The molecular formula is C24H28ClNO6. The number of halogens is 1. The molecule has 0 spiro atoms. The Balaban J connectivity index is 1.84. The first-order valence-electron chi connectivity index (χ1n) is 11.1. The highest BCUT2D eigenvalue weighted by Crippen LogP contribution is 2.49. The summed E-state index contributed by atoms with van der Waals surface area (Å²) in [6.07, 6.45) is 2.88. The molecule has 0 saturated heterocycles. The summed E-state index contributed by atoms with van der Waals surface area (Å²) in [7, 11) is 1.65. The van der Waals surface area contributed by atoms with Crippen LogP contribution in [0.25, 0.3) is 11.3 Å². The zero-order valence-corrected chi connectivity index (χ0v) is 19.4. The van der Waals surface area contributed by atoms with Crippen molar-refractivity contribution < 1.29 is 23.7 Å². The average molecular weight is 462 g/mol. The normalized spacial score (nSPS) is 16.7. The lowest BCUT2D eigenvalue weighted by molar-refractivity contribution is 0.0523. The van der Waals surface area contributed by atoms with Crippen LogP contribution < -0.4 is 15.0 Å². The van der Waals surface area contributed by atoms with Gasteiger partial charge in [0.2, 0.25) is 0 Å². The van der Waals surface area contributed by atoms with E-state index in [0.717, 1.165) is 36.1 Å². The van der Waals surface area contributed by atoms with E-state index in [1.165, 1.54) is 0 Å². The number of pyridine rings is 1. The number of fused-ring (bicyclic) bond motifs is 3. The van der Waals surface area contributed by atoms with E-state index in [2.05, 4.69) is 0 Å². The van der Waals surface area contributed by atoms with Gasteiger partial charge < -0.3 is 23.5 Å². The molecule has 172 valence electrons. The van der Waals surface area contributed by atoms with Crippen molar-refractivity contribution in [3.05, 3.63) is 44.7 Å². The van der Waals surface area contributed by atoms with Gasteiger partial charge in [-0.1, -0.05) is 18.5 Å². The monoisotopic (exact) mass is 461 g/mol. The van der Waals surface area contributed by atoms with Gasteiger partial charge in [-0.05, 0) is 38.3 Å². The molecule has 0 radical (unpaired) electrons. The van der Waals surface area contributed by atoms with E-state index >= 15 is 0 Å². The van der Waals surface area contributed by atoms with E-state index in [-0.39, 0.29) is 29.9 Å². The Labute approximate surface area is 192 Å². The Hall–Kier alpha value is -2.51. The summed E-state index contributed by atoms with van der Waals surface area (Å²) in [5, 5.41) is 0.440. The molecule has 2 aromatic rings. The van der Waals surface area contributed by atoms with E-state index < -0.39 is 5.97 Å². The van der Waals surface area contributed by atoms with Crippen LogP contribution in [0.2, 0.25) is 5.02 Å². The first-order chi connectivity index (χ1) is 15.5. The van der Waals surface area contributed by atoms with E-state index in [0.29, 0.717) is 36.2 Å². The number of rotatable bonds is 9. The zero-order valence-electron chi connectivity index (χ0n) is 18.6. The SMILES string of the molecule is CCOC(=O)c1cc2c(n(C3CC3)c1=O)-c1cc(Cl)c(OCCCOC)cc1OC2CC. The Morgan fingerprint density at radius 2 is 2.00 bits per heavy atom. The molecular weight excluding hydrogens is 434 g/mol. The number of ether oxygens (including phenoxy) is 4. The molecule has 7 nitrogen and oxygen atoms in total. The fourth-order valence-corrected chi connectivity index (χ4v) is 4.27. The molecule has 32 heavy (non-hydrogen) atoms. The van der Waals surface area contributed by atoms with Crippen LogP contribution in [0.4, 0.5) is 0 Å². The summed E-state index contributed by atoms with van der Waals surface area (Å²) in [4.78, 5) is 25.9. The first kappa shape index (κ1) is 22.7. The largest absolute Gasteiger partial charge is 0.492 e. The second kappa shape index (κ2) is 9.55. The van der Waals surface area contributed by atoms with Crippen LogP contribution >= 0.6 is 11.6 Å². The minimum atomic E-state index is -0.604. The molecule has 1 atom stereocenters. The molecule has 4 rings (SSSR count). The van der Waals surface area contributed by atoms with Crippen molar-refractivity contribution in [2.75, 3.05) is 26.9 Å². The van der Waals surface area contributed by atoms with Crippen LogP contribution in [0.15, 0.2) is 23.0 Å². The molecule has 0 bridgehead atoms. The quantitative estimate of drug-likeness (QED) is 0.389. The molecule has 1 aliphatic heterocycles. The van der Waals surface area contributed by atoms with Gasteiger partial charge in [-0.3, -0.25) is 4.79 Å². The summed E-state index contributed by atoms with van der Waals surface area (Å²) in [6, 6.07) is 5.26. The summed E-state index contributed by atoms with van der Waals surface area (Å²) < 4.78 is 24.1. The molecule has 1 aliphatic carbocycles.